The van der Waals surface area contributed by atoms with Crippen LogP contribution in [0.3, 0.4) is 0 Å². The van der Waals surface area contributed by atoms with Gasteiger partial charge in [-0.2, -0.15) is 0 Å². The van der Waals surface area contributed by atoms with E-state index in [0.29, 0.717) is 6.04 Å². The Hall–Kier alpha value is -0.530. The predicted molar refractivity (Wildman–Crippen MR) is 83.5 cm³/mol. The quantitative estimate of drug-likeness (QED) is 0.812. The average Bonchev–Trinajstić information content (AvgIpc) is 2.41. The molecule has 1 aliphatic carbocycles. The van der Waals surface area contributed by atoms with E-state index in [9.17, 15) is 0 Å². The molecule has 1 nitrogen and oxygen atoms in total. The Morgan fingerprint density at radius 3 is 2.42 bits per heavy atom. The molecule has 0 spiro atoms. The molecule has 1 fully saturated rings. The highest BCUT2D eigenvalue weighted by Gasteiger charge is 2.30. The summed E-state index contributed by atoms with van der Waals surface area (Å²) in [6, 6.07) is 8.86. The highest BCUT2D eigenvalue weighted by molar-refractivity contribution is 6.30. The van der Waals surface area contributed by atoms with E-state index < -0.39 is 0 Å². The Labute approximate surface area is 122 Å². The maximum Gasteiger partial charge on any atom is 0.0406 e. The van der Waals surface area contributed by atoms with E-state index >= 15 is 0 Å². The van der Waals surface area contributed by atoms with Crippen LogP contribution in [0.25, 0.3) is 0 Å². The van der Waals surface area contributed by atoms with Crippen LogP contribution in [0.1, 0.15) is 51.6 Å². The molecule has 1 saturated carbocycles. The second-order valence-corrected chi connectivity index (χ2v) is 6.55. The summed E-state index contributed by atoms with van der Waals surface area (Å²) in [5.74, 6) is 2.48. The lowest BCUT2D eigenvalue weighted by Gasteiger charge is -2.37. The summed E-state index contributed by atoms with van der Waals surface area (Å²) in [4.78, 5) is 0. The minimum absolute atomic E-state index is 0.484. The van der Waals surface area contributed by atoms with Crippen LogP contribution in [-0.4, -0.2) is 6.54 Å². The van der Waals surface area contributed by atoms with Crippen molar-refractivity contribution in [1.82, 2.24) is 5.32 Å². The van der Waals surface area contributed by atoms with E-state index in [1.807, 2.05) is 12.1 Å². The van der Waals surface area contributed by atoms with Crippen molar-refractivity contribution in [1.29, 1.82) is 0 Å². The van der Waals surface area contributed by atoms with Crippen molar-refractivity contribution in [2.24, 2.45) is 17.8 Å². The van der Waals surface area contributed by atoms with Gasteiger partial charge in [0.25, 0.3) is 0 Å². The van der Waals surface area contributed by atoms with Gasteiger partial charge in [-0.3, -0.25) is 0 Å². The Bertz CT molecular complexity index is 387. The summed E-state index contributed by atoms with van der Waals surface area (Å²) < 4.78 is 0. The molecule has 1 aromatic carbocycles. The molecule has 4 atom stereocenters. The van der Waals surface area contributed by atoms with Gasteiger partial charge in [0.2, 0.25) is 0 Å². The van der Waals surface area contributed by atoms with Gasteiger partial charge in [-0.15, -0.1) is 0 Å². The maximum absolute atomic E-state index is 6.00. The van der Waals surface area contributed by atoms with Crippen LogP contribution in [0.2, 0.25) is 5.02 Å². The molecule has 0 aliphatic heterocycles. The van der Waals surface area contributed by atoms with E-state index in [1.54, 1.807) is 0 Å². The second-order valence-electron chi connectivity index (χ2n) is 6.11. The molecule has 0 amide bonds. The van der Waals surface area contributed by atoms with Gasteiger partial charge in [0.05, 0.1) is 0 Å². The third-order valence-corrected chi connectivity index (χ3v) is 5.02. The molecule has 1 N–H and O–H groups in total. The molecule has 1 aliphatic rings. The van der Waals surface area contributed by atoms with E-state index in [2.05, 4.69) is 38.2 Å². The van der Waals surface area contributed by atoms with Crippen molar-refractivity contribution >= 4 is 11.6 Å². The fraction of sp³-hybridized carbons (Fsp3) is 0.647. The van der Waals surface area contributed by atoms with Gasteiger partial charge in [0.1, 0.15) is 0 Å². The zero-order chi connectivity index (χ0) is 13.8. The second kappa shape index (κ2) is 6.76. The lowest BCUT2D eigenvalue weighted by Crippen LogP contribution is -2.33. The summed E-state index contributed by atoms with van der Waals surface area (Å²) in [7, 11) is 0. The molecular formula is C17H26ClN. The van der Waals surface area contributed by atoms with Crippen LogP contribution in [0.15, 0.2) is 24.3 Å². The van der Waals surface area contributed by atoms with E-state index in [0.717, 1.165) is 29.3 Å². The molecule has 106 valence electrons. The van der Waals surface area contributed by atoms with E-state index in [1.165, 1.54) is 24.8 Å². The molecule has 0 radical (unpaired) electrons. The Morgan fingerprint density at radius 2 is 1.84 bits per heavy atom. The molecule has 1 aromatic rings. The minimum Gasteiger partial charge on any atom is -0.310 e. The number of halogens is 1. The van der Waals surface area contributed by atoms with Crippen molar-refractivity contribution < 1.29 is 0 Å². The van der Waals surface area contributed by atoms with Crippen molar-refractivity contribution in [3.8, 4) is 0 Å². The highest BCUT2D eigenvalue weighted by atomic mass is 35.5. The summed E-state index contributed by atoms with van der Waals surface area (Å²) in [6.45, 7) is 8.01. The smallest absolute Gasteiger partial charge is 0.0406 e. The first kappa shape index (κ1) is 14.9. The van der Waals surface area contributed by atoms with Gasteiger partial charge >= 0.3 is 0 Å². The monoisotopic (exact) mass is 279 g/mol. The standard InChI is InChI=1S/C17H26ClN/c1-4-19-17(14-7-9-16(18)10-8-14)15-6-5-12(2)13(3)11-15/h7-10,12-13,15,17,19H,4-6,11H2,1-3H3. The topological polar surface area (TPSA) is 12.0 Å². The lowest BCUT2D eigenvalue weighted by molar-refractivity contribution is 0.172. The molecule has 2 rings (SSSR count). The van der Waals surface area contributed by atoms with Crippen molar-refractivity contribution in [3.05, 3.63) is 34.9 Å². The minimum atomic E-state index is 0.484. The fourth-order valence-corrected chi connectivity index (χ4v) is 3.46. The van der Waals surface area contributed by atoms with Gasteiger partial charge in [-0.05, 0) is 54.8 Å². The molecule has 4 unspecified atom stereocenters. The van der Waals surface area contributed by atoms with Crippen molar-refractivity contribution in [3.63, 3.8) is 0 Å². The lowest BCUT2D eigenvalue weighted by atomic mass is 9.72. The Kier molecular flexibility index (Phi) is 5.29. The van der Waals surface area contributed by atoms with Gasteiger partial charge < -0.3 is 5.32 Å². The average molecular weight is 280 g/mol. The summed E-state index contributed by atoms with van der Waals surface area (Å²) in [5, 5.41) is 4.50. The van der Waals surface area contributed by atoms with Crippen molar-refractivity contribution in [2.45, 2.75) is 46.1 Å². The third kappa shape index (κ3) is 3.73. The largest absolute Gasteiger partial charge is 0.310 e. The number of hydrogen-bond donors (Lipinski definition) is 1. The highest BCUT2D eigenvalue weighted by Crippen LogP contribution is 2.39. The zero-order valence-corrected chi connectivity index (χ0v) is 13.1. The zero-order valence-electron chi connectivity index (χ0n) is 12.3. The third-order valence-electron chi connectivity index (χ3n) is 4.76. The Morgan fingerprint density at radius 1 is 1.16 bits per heavy atom. The number of rotatable bonds is 4. The predicted octanol–water partition coefficient (Wildman–Crippen LogP) is 5.06. The van der Waals surface area contributed by atoms with Gasteiger partial charge in [-0.25, -0.2) is 0 Å². The summed E-state index contributed by atoms with van der Waals surface area (Å²) in [5.41, 5.74) is 1.39. The van der Waals surface area contributed by atoms with Gasteiger partial charge in [0.15, 0.2) is 0 Å². The molecular weight excluding hydrogens is 254 g/mol. The van der Waals surface area contributed by atoms with Crippen LogP contribution in [-0.2, 0) is 0 Å². The normalized spacial score (nSPS) is 29.2. The van der Waals surface area contributed by atoms with Crippen LogP contribution in [0, 0.1) is 17.8 Å². The first-order chi connectivity index (χ1) is 9.11. The molecule has 0 heterocycles. The number of hydrogen-bond acceptors (Lipinski definition) is 1. The SMILES string of the molecule is CCNC(c1ccc(Cl)cc1)C1CCC(C)C(C)C1. The molecule has 19 heavy (non-hydrogen) atoms. The van der Waals surface area contributed by atoms with Gasteiger partial charge in [-0.1, -0.05) is 50.9 Å². The first-order valence-electron chi connectivity index (χ1n) is 7.60. The van der Waals surface area contributed by atoms with Crippen LogP contribution >= 0.6 is 11.6 Å². The van der Waals surface area contributed by atoms with E-state index in [-0.39, 0.29) is 0 Å². The molecule has 0 saturated heterocycles. The molecule has 2 heteroatoms. The summed E-state index contributed by atoms with van der Waals surface area (Å²) in [6.07, 6.45) is 4.04. The number of nitrogens with one attached hydrogen (secondary N) is 1. The van der Waals surface area contributed by atoms with Crippen LogP contribution in [0.5, 0.6) is 0 Å². The molecule has 0 aromatic heterocycles. The van der Waals surface area contributed by atoms with Crippen LogP contribution < -0.4 is 5.32 Å². The fourth-order valence-electron chi connectivity index (χ4n) is 3.34. The van der Waals surface area contributed by atoms with Gasteiger partial charge in [0, 0.05) is 11.1 Å². The Balaban J connectivity index is 2.13. The first-order valence-corrected chi connectivity index (χ1v) is 7.98. The van der Waals surface area contributed by atoms with E-state index in [4.69, 9.17) is 11.6 Å². The van der Waals surface area contributed by atoms with Crippen LogP contribution in [0.4, 0.5) is 0 Å². The molecule has 0 bridgehead atoms. The number of benzene rings is 1. The van der Waals surface area contributed by atoms with Crippen molar-refractivity contribution in [2.75, 3.05) is 6.54 Å². The maximum atomic E-state index is 6.00. The summed E-state index contributed by atoms with van der Waals surface area (Å²) >= 11 is 6.00.